The van der Waals surface area contributed by atoms with Gasteiger partial charge in [0.15, 0.2) is 0 Å². The van der Waals surface area contributed by atoms with Gasteiger partial charge in [-0.05, 0) is 56.8 Å². The fourth-order valence-electron chi connectivity index (χ4n) is 2.23. The van der Waals surface area contributed by atoms with E-state index in [0.717, 1.165) is 6.61 Å². The lowest BCUT2D eigenvalue weighted by Crippen LogP contribution is -2.22. The molecule has 1 atom stereocenters. The van der Waals surface area contributed by atoms with Crippen molar-refractivity contribution < 1.29 is 4.74 Å². The topological polar surface area (TPSA) is 9.23 Å². The van der Waals surface area contributed by atoms with Crippen molar-refractivity contribution in [2.75, 3.05) is 12.4 Å². The van der Waals surface area contributed by atoms with Gasteiger partial charge in [0.25, 0.3) is 0 Å². The molecule has 2 rings (SSSR count). The molecule has 1 aliphatic heterocycles. The molecule has 1 heterocycles. The molecule has 0 aromatic carbocycles. The summed E-state index contributed by atoms with van der Waals surface area (Å²) < 4.78 is 6.12. The van der Waals surface area contributed by atoms with Crippen molar-refractivity contribution in [1.82, 2.24) is 0 Å². The molecule has 1 nitrogen and oxygen atoms in total. The third-order valence-corrected chi connectivity index (χ3v) is 4.70. The molecule has 0 radical (unpaired) electrons. The van der Waals surface area contributed by atoms with Crippen LogP contribution in [-0.2, 0) is 4.74 Å². The van der Waals surface area contributed by atoms with Crippen LogP contribution in [0.2, 0.25) is 0 Å². The van der Waals surface area contributed by atoms with Crippen LogP contribution in [0.1, 0.15) is 45.4 Å². The van der Waals surface area contributed by atoms with E-state index in [1.54, 1.807) is 0 Å². The van der Waals surface area contributed by atoms with Gasteiger partial charge < -0.3 is 4.74 Å². The third kappa shape index (κ3) is 2.69. The van der Waals surface area contributed by atoms with E-state index in [4.69, 9.17) is 4.74 Å². The van der Waals surface area contributed by atoms with Crippen LogP contribution in [0.5, 0.6) is 0 Å². The first kappa shape index (κ1) is 10.4. The van der Waals surface area contributed by atoms with Gasteiger partial charge in [-0.3, -0.25) is 0 Å². The molecule has 0 spiro atoms. The Morgan fingerprint density at radius 1 is 1.36 bits per heavy atom. The minimum Gasteiger partial charge on any atom is -0.500 e. The number of allylic oxidation sites excluding steroid dienone is 1. The van der Waals surface area contributed by atoms with E-state index in [9.17, 15) is 0 Å². The summed E-state index contributed by atoms with van der Waals surface area (Å²) in [5.74, 6) is 1.32. The molecule has 2 heteroatoms. The SMILES string of the molecule is CC1(COC=C2CCCC2)CCCS1. The monoisotopic (exact) mass is 212 g/mol. The summed E-state index contributed by atoms with van der Waals surface area (Å²) in [4.78, 5) is 0. The van der Waals surface area contributed by atoms with Crippen molar-refractivity contribution in [1.29, 1.82) is 0 Å². The highest BCUT2D eigenvalue weighted by molar-refractivity contribution is 8.00. The minimum absolute atomic E-state index is 0.398. The molecular formula is C12H20OS. The smallest absolute Gasteiger partial charge is 0.102 e. The van der Waals surface area contributed by atoms with Crippen molar-refractivity contribution in [2.45, 2.75) is 50.2 Å². The Morgan fingerprint density at radius 2 is 2.14 bits per heavy atom. The molecule has 1 saturated carbocycles. The first-order valence-corrected chi connectivity index (χ1v) is 6.71. The Hall–Kier alpha value is -0.110. The quantitative estimate of drug-likeness (QED) is 0.659. The molecule has 2 aliphatic rings. The van der Waals surface area contributed by atoms with Gasteiger partial charge in [0.1, 0.15) is 6.61 Å². The Labute approximate surface area is 91.3 Å². The lowest BCUT2D eigenvalue weighted by atomic mass is 10.1. The van der Waals surface area contributed by atoms with Crippen LogP contribution in [0, 0.1) is 0 Å². The van der Waals surface area contributed by atoms with Crippen LogP contribution in [0.25, 0.3) is 0 Å². The molecule has 0 amide bonds. The zero-order chi connectivity index (χ0) is 9.86. The van der Waals surface area contributed by atoms with Crippen LogP contribution < -0.4 is 0 Å². The average molecular weight is 212 g/mol. The third-order valence-electron chi connectivity index (χ3n) is 3.18. The van der Waals surface area contributed by atoms with Crippen molar-refractivity contribution in [3.8, 4) is 0 Å². The van der Waals surface area contributed by atoms with Gasteiger partial charge in [0.2, 0.25) is 0 Å². The van der Waals surface area contributed by atoms with E-state index < -0.39 is 0 Å². The second-order valence-corrected chi connectivity index (χ2v) is 6.38. The minimum atomic E-state index is 0.398. The predicted molar refractivity (Wildman–Crippen MR) is 62.6 cm³/mol. The molecule has 1 unspecified atom stereocenters. The summed E-state index contributed by atoms with van der Waals surface area (Å²) in [6.45, 7) is 3.24. The molecule has 0 aromatic heterocycles. The predicted octanol–water partition coefficient (Wildman–Crippen LogP) is 3.75. The number of ether oxygens (including phenoxy) is 1. The van der Waals surface area contributed by atoms with Crippen molar-refractivity contribution in [3.05, 3.63) is 11.8 Å². The Morgan fingerprint density at radius 3 is 2.79 bits per heavy atom. The van der Waals surface area contributed by atoms with Crippen molar-refractivity contribution in [3.63, 3.8) is 0 Å². The number of thioether (sulfide) groups is 1. The van der Waals surface area contributed by atoms with Crippen LogP contribution in [0.3, 0.4) is 0 Å². The average Bonchev–Trinajstić information content (AvgIpc) is 2.77. The van der Waals surface area contributed by atoms with Crippen LogP contribution in [0.15, 0.2) is 11.8 Å². The van der Waals surface area contributed by atoms with E-state index in [2.05, 4.69) is 18.7 Å². The van der Waals surface area contributed by atoms with E-state index in [1.807, 2.05) is 6.26 Å². The van der Waals surface area contributed by atoms with Gasteiger partial charge in [-0.2, -0.15) is 11.8 Å². The molecule has 14 heavy (non-hydrogen) atoms. The van der Waals surface area contributed by atoms with E-state index in [-0.39, 0.29) is 0 Å². The Kier molecular flexibility index (Phi) is 3.42. The largest absolute Gasteiger partial charge is 0.500 e. The van der Waals surface area contributed by atoms with Crippen LogP contribution >= 0.6 is 11.8 Å². The molecular weight excluding hydrogens is 192 g/mol. The first-order valence-electron chi connectivity index (χ1n) is 5.72. The second kappa shape index (κ2) is 4.61. The lowest BCUT2D eigenvalue weighted by molar-refractivity contribution is 0.214. The summed E-state index contributed by atoms with van der Waals surface area (Å²) in [7, 11) is 0. The molecule has 0 N–H and O–H groups in total. The number of hydrogen-bond acceptors (Lipinski definition) is 2. The van der Waals surface area contributed by atoms with Gasteiger partial charge in [0, 0.05) is 4.75 Å². The molecule has 80 valence electrons. The second-order valence-electron chi connectivity index (χ2n) is 4.70. The van der Waals surface area contributed by atoms with Gasteiger partial charge in [0.05, 0.1) is 6.26 Å². The van der Waals surface area contributed by atoms with Gasteiger partial charge >= 0.3 is 0 Å². The lowest BCUT2D eigenvalue weighted by Gasteiger charge is -2.21. The van der Waals surface area contributed by atoms with E-state index >= 15 is 0 Å². The van der Waals surface area contributed by atoms with Crippen molar-refractivity contribution >= 4 is 11.8 Å². The number of rotatable bonds is 3. The van der Waals surface area contributed by atoms with Gasteiger partial charge in [-0.25, -0.2) is 0 Å². The standard InChI is InChI=1S/C12H20OS/c1-12(7-4-8-14-12)10-13-9-11-5-2-3-6-11/h9H,2-8,10H2,1H3. The van der Waals surface area contributed by atoms with Crippen LogP contribution in [0.4, 0.5) is 0 Å². The number of hydrogen-bond donors (Lipinski definition) is 0. The molecule has 1 saturated heterocycles. The summed E-state index contributed by atoms with van der Waals surface area (Å²) in [6.07, 6.45) is 9.98. The maximum absolute atomic E-state index is 5.72. The highest BCUT2D eigenvalue weighted by Gasteiger charge is 2.29. The highest BCUT2D eigenvalue weighted by atomic mass is 32.2. The summed E-state index contributed by atoms with van der Waals surface area (Å²) in [5.41, 5.74) is 1.52. The fraction of sp³-hybridized carbons (Fsp3) is 0.833. The van der Waals surface area contributed by atoms with Gasteiger partial charge in [-0.1, -0.05) is 0 Å². The highest BCUT2D eigenvalue weighted by Crippen LogP contribution is 2.38. The maximum Gasteiger partial charge on any atom is 0.102 e. The van der Waals surface area contributed by atoms with E-state index in [1.165, 1.54) is 49.9 Å². The summed E-state index contributed by atoms with van der Waals surface area (Å²) in [6, 6.07) is 0. The Balaban J connectivity index is 1.73. The molecule has 1 aliphatic carbocycles. The molecule has 0 bridgehead atoms. The van der Waals surface area contributed by atoms with Crippen molar-refractivity contribution in [2.24, 2.45) is 0 Å². The first-order chi connectivity index (χ1) is 6.79. The van der Waals surface area contributed by atoms with E-state index in [0.29, 0.717) is 4.75 Å². The normalized spacial score (nSPS) is 32.2. The van der Waals surface area contributed by atoms with Crippen LogP contribution in [-0.4, -0.2) is 17.1 Å². The maximum atomic E-state index is 5.72. The molecule has 2 fully saturated rings. The Bertz CT molecular complexity index is 208. The zero-order valence-electron chi connectivity index (χ0n) is 9.05. The molecule has 0 aromatic rings. The fourth-order valence-corrected chi connectivity index (χ4v) is 3.45. The summed E-state index contributed by atoms with van der Waals surface area (Å²) >= 11 is 2.07. The van der Waals surface area contributed by atoms with Gasteiger partial charge in [-0.15, -0.1) is 0 Å². The summed E-state index contributed by atoms with van der Waals surface area (Å²) in [5, 5.41) is 0. The zero-order valence-corrected chi connectivity index (χ0v) is 9.87.